The third-order valence-corrected chi connectivity index (χ3v) is 2.39. The van der Waals surface area contributed by atoms with Crippen LogP contribution in [0.15, 0.2) is 18.2 Å². The molecule has 0 aliphatic carbocycles. The maximum absolute atomic E-state index is 11.8. The fraction of sp³-hybridized carbons (Fsp3) is 0.200. The fourth-order valence-electron chi connectivity index (χ4n) is 1.24. The van der Waals surface area contributed by atoms with Gasteiger partial charge in [0, 0.05) is 17.6 Å². The number of imide groups is 1. The molecule has 3 amide bonds. The lowest BCUT2D eigenvalue weighted by Gasteiger charge is -2.15. The van der Waals surface area contributed by atoms with Crippen molar-refractivity contribution in [2.24, 2.45) is 5.84 Å². The average Bonchev–Trinajstić information content (AvgIpc) is 2.26. The van der Waals surface area contributed by atoms with Crippen molar-refractivity contribution < 1.29 is 9.59 Å². The van der Waals surface area contributed by atoms with Gasteiger partial charge in [-0.05, 0) is 30.7 Å². The average molecular weight is 242 g/mol. The summed E-state index contributed by atoms with van der Waals surface area (Å²) in [5.74, 6) is 4.50. The molecule has 0 aliphatic rings. The molecule has 0 heterocycles. The van der Waals surface area contributed by atoms with E-state index >= 15 is 0 Å². The summed E-state index contributed by atoms with van der Waals surface area (Å²) in [5.41, 5.74) is 3.00. The standard InChI is InChI=1S/C10H12ClN3O2/c1-6-5-7(11)3-4-8(6)9(15)14(2)10(16)13-12/h3-5H,12H2,1-2H3,(H,13,16). The minimum Gasteiger partial charge on any atom is -0.275 e. The maximum atomic E-state index is 11.8. The van der Waals surface area contributed by atoms with Crippen molar-refractivity contribution >= 4 is 23.5 Å². The zero-order valence-corrected chi connectivity index (χ0v) is 9.71. The first-order valence-corrected chi connectivity index (χ1v) is 4.90. The van der Waals surface area contributed by atoms with Crippen LogP contribution in [0.1, 0.15) is 15.9 Å². The van der Waals surface area contributed by atoms with Crippen LogP contribution in [0, 0.1) is 6.92 Å². The third-order valence-electron chi connectivity index (χ3n) is 2.15. The summed E-state index contributed by atoms with van der Waals surface area (Å²) in [5, 5.41) is 0.542. The van der Waals surface area contributed by atoms with E-state index in [2.05, 4.69) is 0 Å². The Balaban J connectivity index is 3.01. The number of hydrogen-bond donors (Lipinski definition) is 2. The summed E-state index contributed by atoms with van der Waals surface area (Å²) in [6, 6.07) is 4.15. The molecule has 0 saturated carbocycles. The van der Waals surface area contributed by atoms with Gasteiger partial charge in [-0.1, -0.05) is 11.6 Å². The topological polar surface area (TPSA) is 75.4 Å². The van der Waals surface area contributed by atoms with Gasteiger partial charge in [0.2, 0.25) is 0 Å². The minimum atomic E-state index is -0.667. The molecule has 0 radical (unpaired) electrons. The van der Waals surface area contributed by atoms with Gasteiger partial charge in [-0.3, -0.25) is 15.1 Å². The van der Waals surface area contributed by atoms with Crippen molar-refractivity contribution in [1.82, 2.24) is 10.3 Å². The first-order chi connectivity index (χ1) is 7.47. The molecule has 0 aromatic heterocycles. The van der Waals surface area contributed by atoms with Crippen LogP contribution in [0.4, 0.5) is 4.79 Å². The number of benzene rings is 1. The van der Waals surface area contributed by atoms with Crippen LogP contribution in [-0.2, 0) is 0 Å². The molecule has 86 valence electrons. The summed E-state index contributed by atoms with van der Waals surface area (Å²) in [7, 11) is 1.35. The van der Waals surface area contributed by atoms with E-state index in [9.17, 15) is 9.59 Å². The van der Waals surface area contributed by atoms with Gasteiger partial charge in [-0.25, -0.2) is 10.6 Å². The second-order valence-corrected chi connectivity index (χ2v) is 3.71. The minimum absolute atomic E-state index is 0.413. The fourth-order valence-corrected chi connectivity index (χ4v) is 1.46. The van der Waals surface area contributed by atoms with E-state index in [0.717, 1.165) is 4.90 Å². The summed E-state index contributed by atoms with van der Waals surface area (Å²) >= 11 is 5.77. The second-order valence-electron chi connectivity index (χ2n) is 3.27. The largest absolute Gasteiger partial charge is 0.338 e. The van der Waals surface area contributed by atoms with E-state index in [-0.39, 0.29) is 0 Å². The molecular formula is C10H12ClN3O2. The van der Waals surface area contributed by atoms with Crippen LogP contribution in [-0.4, -0.2) is 23.9 Å². The summed E-state index contributed by atoms with van der Waals surface area (Å²) in [6.45, 7) is 1.74. The lowest BCUT2D eigenvalue weighted by Crippen LogP contribution is -2.44. The molecule has 0 unspecified atom stereocenters. The van der Waals surface area contributed by atoms with Crippen molar-refractivity contribution in [3.05, 3.63) is 34.3 Å². The molecule has 0 spiro atoms. The third kappa shape index (κ3) is 2.50. The monoisotopic (exact) mass is 241 g/mol. The van der Waals surface area contributed by atoms with Crippen LogP contribution in [0.3, 0.4) is 0 Å². The highest BCUT2D eigenvalue weighted by atomic mass is 35.5. The van der Waals surface area contributed by atoms with E-state index in [1.54, 1.807) is 25.1 Å². The van der Waals surface area contributed by atoms with Gasteiger partial charge in [0.15, 0.2) is 0 Å². The van der Waals surface area contributed by atoms with E-state index in [0.29, 0.717) is 16.1 Å². The Morgan fingerprint density at radius 2 is 2.06 bits per heavy atom. The number of amides is 3. The zero-order chi connectivity index (χ0) is 12.3. The van der Waals surface area contributed by atoms with Gasteiger partial charge in [-0.2, -0.15) is 0 Å². The molecule has 1 aromatic carbocycles. The molecular weight excluding hydrogens is 230 g/mol. The number of urea groups is 1. The Bertz CT molecular complexity index is 434. The molecule has 5 nitrogen and oxygen atoms in total. The number of halogens is 1. The van der Waals surface area contributed by atoms with Crippen LogP contribution < -0.4 is 11.3 Å². The first-order valence-electron chi connectivity index (χ1n) is 4.52. The van der Waals surface area contributed by atoms with Gasteiger partial charge >= 0.3 is 6.03 Å². The van der Waals surface area contributed by atoms with E-state index in [1.165, 1.54) is 7.05 Å². The SMILES string of the molecule is Cc1cc(Cl)ccc1C(=O)N(C)C(=O)NN. The van der Waals surface area contributed by atoms with Crippen LogP contribution in [0.25, 0.3) is 0 Å². The second kappa shape index (κ2) is 4.96. The normalized spacial score (nSPS) is 9.75. The molecule has 0 fully saturated rings. The highest BCUT2D eigenvalue weighted by Crippen LogP contribution is 2.16. The smallest absolute Gasteiger partial charge is 0.275 e. The van der Waals surface area contributed by atoms with E-state index in [1.807, 2.05) is 5.43 Å². The van der Waals surface area contributed by atoms with E-state index in [4.69, 9.17) is 17.4 Å². The number of nitrogens with one attached hydrogen (secondary N) is 1. The molecule has 0 atom stereocenters. The first kappa shape index (κ1) is 12.5. The molecule has 0 aliphatic heterocycles. The zero-order valence-electron chi connectivity index (χ0n) is 8.95. The summed E-state index contributed by atoms with van der Waals surface area (Å²) in [4.78, 5) is 23.9. The van der Waals surface area contributed by atoms with Crippen molar-refractivity contribution in [1.29, 1.82) is 0 Å². The van der Waals surface area contributed by atoms with Crippen LogP contribution in [0.2, 0.25) is 5.02 Å². The molecule has 0 bridgehead atoms. The lowest BCUT2D eigenvalue weighted by atomic mass is 10.1. The number of carbonyl (C=O) groups excluding carboxylic acids is 2. The Kier molecular flexibility index (Phi) is 3.87. The number of hydrazine groups is 1. The van der Waals surface area contributed by atoms with Crippen molar-refractivity contribution in [2.75, 3.05) is 7.05 Å². The van der Waals surface area contributed by atoms with Gasteiger partial charge < -0.3 is 0 Å². The predicted octanol–water partition coefficient (Wildman–Crippen LogP) is 1.30. The van der Waals surface area contributed by atoms with Gasteiger partial charge in [0.1, 0.15) is 0 Å². The van der Waals surface area contributed by atoms with Gasteiger partial charge in [0.05, 0.1) is 0 Å². The Hall–Kier alpha value is -1.59. The predicted molar refractivity (Wildman–Crippen MR) is 61.0 cm³/mol. The van der Waals surface area contributed by atoms with E-state index < -0.39 is 11.9 Å². The molecule has 6 heteroatoms. The highest BCUT2D eigenvalue weighted by Gasteiger charge is 2.19. The summed E-state index contributed by atoms with van der Waals surface area (Å²) < 4.78 is 0. The molecule has 1 aromatic rings. The van der Waals surface area contributed by atoms with Crippen LogP contribution in [0.5, 0.6) is 0 Å². The Morgan fingerprint density at radius 3 is 2.56 bits per heavy atom. The van der Waals surface area contributed by atoms with Gasteiger partial charge in [0.25, 0.3) is 5.91 Å². The molecule has 16 heavy (non-hydrogen) atoms. The highest BCUT2D eigenvalue weighted by molar-refractivity contribution is 6.30. The van der Waals surface area contributed by atoms with Crippen molar-refractivity contribution in [3.8, 4) is 0 Å². The molecule has 1 rings (SSSR count). The Morgan fingerprint density at radius 1 is 1.44 bits per heavy atom. The van der Waals surface area contributed by atoms with Crippen molar-refractivity contribution in [3.63, 3.8) is 0 Å². The van der Waals surface area contributed by atoms with Gasteiger partial charge in [-0.15, -0.1) is 0 Å². The number of nitrogens with zero attached hydrogens (tertiary/aromatic N) is 1. The quantitative estimate of drug-likeness (QED) is 0.442. The molecule has 0 saturated heterocycles. The number of aryl methyl sites for hydroxylation is 1. The van der Waals surface area contributed by atoms with Crippen molar-refractivity contribution in [2.45, 2.75) is 6.92 Å². The lowest BCUT2D eigenvalue weighted by molar-refractivity contribution is 0.0830. The Labute approximate surface area is 98.1 Å². The number of nitrogens with two attached hydrogens (primary N) is 1. The van der Waals surface area contributed by atoms with Crippen LogP contribution >= 0.6 is 11.6 Å². The summed E-state index contributed by atoms with van der Waals surface area (Å²) in [6.07, 6.45) is 0. The maximum Gasteiger partial charge on any atom is 0.338 e. The number of hydrogen-bond acceptors (Lipinski definition) is 3. The number of carbonyl (C=O) groups is 2. The number of rotatable bonds is 1. The molecule has 3 N–H and O–H groups in total.